The Morgan fingerprint density at radius 1 is 1.22 bits per heavy atom. The van der Waals surface area contributed by atoms with Gasteiger partial charge in [-0.1, -0.05) is 0 Å². The van der Waals surface area contributed by atoms with E-state index >= 15 is 0 Å². The van der Waals surface area contributed by atoms with Gasteiger partial charge in [-0.2, -0.15) is 0 Å². The summed E-state index contributed by atoms with van der Waals surface area (Å²) in [6.45, 7) is 3.89. The quantitative estimate of drug-likeness (QED) is 0.413. The van der Waals surface area contributed by atoms with Gasteiger partial charge in [0.1, 0.15) is 6.54 Å². The van der Waals surface area contributed by atoms with Gasteiger partial charge in [-0.15, -0.1) is 24.0 Å². The van der Waals surface area contributed by atoms with Crippen LogP contribution in [0, 0.1) is 0 Å². The first-order valence-electron chi connectivity index (χ1n) is 8.52. The van der Waals surface area contributed by atoms with Crippen molar-refractivity contribution >= 4 is 35.8 Å². The van der Waals surface area contributed by atoms with Crippen LogP contribution in [-0.4, -0.2) is 74.7 Å². The molecule has 2 rings (SSSR count). The van der Waals surface area contributed by atoms with Crippen LogP contribution in [0.4, 0.5) is 0 Å². The molecule has 2 heterocycles. The van der Waals surface area contributed by atoms with Crippen molar-refractivity contribution in [2.24, 2.45) is 4.99 Å². The Morgan fingerprint density at radius 3 is 2.57 bits per heavy atom. The Morgan fingerprint density at radius 2 is 1.96 bits per heavy atom. The fourth-order valence-corrected chi connectivity index (χ4v) is 2.83. The summed E-state index contributed by atoms with van der Waals surface area (Å²) in [6, 6.07) is 0. The van der Waals surface area contributed by atoms with Crippen LogP contribution < -0.4 is 5.32 Å². The largest absolute Gasteiger partial charge is 0.376 e. The zero-order valence-corrected chi connectivity index (χ0v) is 16.8. The number of nitrogens with one attached hydrogen (secondary N) is 1. The van der Waals surface area contributed by atoms with E-state index in [0.717, 1.165) is 38.6 Å². The molecule has 0 radical (unpaired) electrons. The summed E-state index contributed by atoms with van der Waals surface area (Å²) < 4.78 is 5.77. The van der Waals surface area contributed by atoms with Crippen LogP contribution in [0.25, 0.3) is 0 Å². The first kappa shape index (κ1) is 20.5. The molecule has 6 nitrogen and oxygen atoms in total. The number of guanidine groups is 1. The monoisotopic (exact) mass is 438 g/mol. The molecule has 2 aliphatic rings. The molecule has 0 aromatic carbocycles. The van der Waals surface area contributed by atoms with Gasteiger partial charge in [0.2, 0.25) is 5.91 Å². The van der Waals surface area contributed by atoms with E-state index in [1.165, 1.54) is 32.1 Å². The maximum atomic E-state index is 11.8. The maximum absolute atomic E-state index is 11.8. The first-order valence-corrected chi connectivity index (χ1v) is 8.52. The molecule has 1 N–H and O–H groups in total. The predicted molar refractivity (Wildman–Crippen MR) is 103 cm³/mol. The first-order chi connectivity index (χ1) is 10.7. The van der Waals surface area contributed by atoms with Gasteiger partial charge >= 0.3 is 0 Å². The molecule has 0 spiro atoms. The van der Waals surface area contributed by atoms with E-state index in [9.17, 15) is 4.79 Å². The number of ether oxygens (including phenoxy) is 1. The second-order valence-electron chi connectivity index (χ2n) is 6.35. The topological polar surface area (TPSA) is 57.2 Å². The number of hydrogen-bond donors (Lipinski definition) is 1. The van der Waals surface area contributed by atoms with Crippen molar-refractivity contribution < 1.29 is 9.53 Å². The van der Waals surface area contributed by atoms with Crippen molar-refractivity contribution in [3.05, 3.63) is 0 Å². The van der Waals surface area contributed by atoms with Crippen LogP contribution in [0.3, 0.4) is 0 Å². The van der Waals surface area contributed by atoms with E-state index in [-0.39, 0.29) is 42.5 Å². The highest BCUT2D eigenvalue weighted by molar-refractivity contribution is 14.0. The van der Waals surface area contributed by atoms with Crippen LogP contribution in [0.15, 0.2) is 4.99 Å². The van der Waals surface area contributed by atoms with Crippen molar-refractivity contribution in [1.29, 1.82) is 0 Å². The molecule has 0 bridgehead atoms. The number of amides is 1. The standard InChI is InChI=1S/C16H30N4O2.HI/c1-19(2)15(21)13-18-16(20-9-5-3-6-10-20)17-12-14-8-4-7-11-22-14;/h14H,3-13H2,1-2H3,(H,17,18);1H. The van der Waals surface area contributed by atoms with Crippen molar-refractivity contribution in [1.82, 2.24) is 15.1 Å². The number of rotatable bonds is 4. The summed E-state index contributed by atoms with van der Waals surface area (Å²) in [5, 5.41) is 3.43. The van der Waals surface area contributed by atoms with Gasteiger partial charge in [-0.25, -0.2) is 4.99 Å². The van der Waals surface area contributed by atoms with Gasteiger partial charge in [0.25, 0.3) is 0 Å². The number of carbonyl (C=O) groups is 1. The van der Waals surface area contributed by atoms with Crippen LogP contribution in [-0.2, 0) is 9.53 Å². The second kappa shape index (κ2) is 11.1. The minimum atomic E-state index is 0. The van der Waals surface area contributed by atoms with Crippen LogP contribution in [0.1, 0.15) is 38.5 Å². The van der Waals surface area contributed by atoms with E-state index in [2.05, 4.69) is 15.2 Å². The summed E-state index contributed by atoms with van der Waals surface area (Å²) in [4.78, 5) is 20.2. The third-order valence-electron chi connectivity index (χ3n) is 4.28. The van der Waals surface area contributed by atoms with Crippen LogP contribution >= 0.6 is 24.0 Å². The number of aliphatic imine (C=N–C) groups is 1. The van der Waals surface area contributed by atoms with Crippen LogP contribution in [0.5, 0.6) is 0 Å². The molecule has 134 valence electrons. The van der Waals surface area contributed by atoms with Gasteiger partial charge in [-0.3, -0.25) is 4.79 Å². The highest BCUT2D eigenvalue weighted by Gasteiger charge is 2.18. The fraction of sp³-hybridized carbons (Fsp3) is 0.875. The highest BCUT2D eigenvalue weighted by Crippen LogP contribution is 2.12. The molecular formula is C16H31IN4O2. The lowest BCUT2D eigenvalue weighted by molar-refractivity contribution is -0.127. The third kappa shape index (κ3) is 7.24. The Labute approximate surface area is 157 Å². The van der Waals surface area contributed by atoms with Crippen molar-refractivity contribution in [2.45, 2.75) is 44.6 Å². The summed E-state index contributed by atoms with van der Waals surface area (Å²) in [5.74, 6) is 0.897. The average Bonchev–Trinajstić information content (AvgIpc) is 2.56. The zero-order valence-electron chi connectivity index (χ0n) is 14.4. The Hall–Kier alpha value is -0.570. The average molecular weight is 438 g/mol. The van der Waals surface area contributed by atoms with Gasteiger partial charge in [0, 0.05) is 40.3 Å². The Bertz CT molecular complexity index is 378. The summed E-state index contributed by atoms with van der Waals surface area (Å²) in [6.07, 6.45) is 7.46. The molecule has 1 atom stereocenters. The van der Waals surface area contributed by atoms with Gasteiger partial charge < -0.3 is 19.9 Å². The molecule has 7 heteroatoms. The second-order valence-corrected chi connectivity index (χ2v) is 6.35. The number of hydrogen-bond acceptors (Lipinski definition) is 3. The molecule has 2 fully saturated rings. The molecule has 1 unspecified atom stereocenters. The van der Waals surface area contributed by atoms with E-state index in [1.54, 1.807) is 19.0 Å². The molecule has 0 aromatic rings. The number of likely N-dealkylation sites (N-methyl/N-ethyl adjacent to an activating group) is 1. The summed E-state index contributed by atoms with van der Waals surface area (Å²) >= 11 is 0. The highest BCUT2D eigenvalue weighted by atomic mass is 127. The third-order valence-corrected chi connectivity index (χ3v) is 4.28. The molecule has 0 aliphatic carbocycles. The van der Waals surface area contributed by atoms with E-state index in [0.29, 0.717) is 0 Å². The number of piperidine rings is 1. The minimum absolute atomic E-state index is 0. The van der Waals surface area contributed by atoms with Crippen molar-refractivity contribution in [3.63, 3.8) is 0 Å². The SMILES string of the molecule is CN(C)C(=O)CN=C(NCC1CCCCO1)N1CCCCC1.I. The molecule has 0 aromatic heterocycles. The molecule has 2 saturated heterocycles. The predicted octanol–water partition coefficient (Wildman–Crippen LogP) is 1.69. The molecule has 1 amide bonds. The maximum Gasteiger partial charge on any atom is 0.243 e. The Kier molecular flexibility index (Phi) is 9.85. The van der Waals surface area contributed by atoms with Gasteiger partial charge in [-0.05, 0) is 38.5 Å². The smallest absolute Gasteiger partial charge is 0.243 e. The van der Waals surface area contributed by atoms with Gasteiger partial charge in [0.05, 0.1) is 6.10 Å². The minimum Gasteiger partial charge on any atom is -0.376 e. The Balaban J connectivity index is 0.00000264. The van der Waals surface area contributed by atoms with Crippen LogP contribution in [0.2, 0.25) is 0 Å². The molecule has 0 saturated carbocycles. The molecule has 23 heavy (non-hydrogen) atoms. The molecular weight excluding hydrogens is 407 g/mol. The summed E-state index contributed by atoms with van der Waals surface area (Å²) in [7, 11) is 3.53. The number of carbonyl (C=O) groups excluding carboxylic acids is 1. The molecule has 2 aliphatic heterocycles. The van der Waals surface area contributed by atoms with Crippen molar-refractivity contribution in [3.8, 4) is 0 Å². The summed E-state index contributed by atoms with van der Waals surface area (Å²) in [5.41, 5.74) is 0. The fourth-order valence-electron chi connectivity index (χ4n) is 2.83. The number of likely N-dealkylation sites (tertiary alicyclic amines) is 1. The normalized spacial score (nSPS) is 22.3. The van der Waals surface area contributed by atoms with E-state index in [1.807, 2.05) is 0 Å². The lowest BCUT2D eigenvalue weighted by atomic mass is 10.1. The number of halogens is 1. The van der Waals surface area contributed by atoms with E-state index < -0.39 is 0 Å². The zero-order chi connectivity index (χ0) is 15.8. The lowest BCUT2D eigenvalue weighted by Gasteiger charge is -2.32. The van der Waals surface area contributed by atoms with Crippen molar-refractivity contribution in [2.75, 3.05) is 46.9 Å². The lowest BCUT2D eigenvalue weighted by Crippen LogP contribution is -2.47. The number of nitrogens with zero attached hydrogens (tertiary/aromatic N) is 3. The van der Waals surface area contributed by atoms with E-state index in [4.69, 9.17) is 4.74 Å². The van der Waals surface area contributed by atoms with Gasteiger partial charge in [0.15, 0.2) is 5.96 Å².